The van der Waals surface area contributed by atoms with Crippen molar-refractivity contribution in [2.75, 3.05) is 29.9 Å². The van der Waals surface area contributed by atoms with Crippen LogP contribution in [0.2, 0.25) is 0 Å². The highest BCUT2D eigenvalue weighted by molar-refractivity contribution is 5.42. The van der Waals surface area contributed by atoms with E-state index in [0.29, 0.717) is 12.0 Å². The minimum atomic E-state index is 0.545. The maximum atomic E-state index is 4.52. The largest absolute Gasteiger partial charge is 0.357 e. The second kappa shape index (κ2) is 6.75. The molecule has 0 aromatic carbocycles. The van der Waals surface area contributed by atoms with E-state index < -0.39 is 0 Å². The molecule has 0 radical (unpaired) electrons. The third-order valence-electron chi connectivity index (χ3n) is 5.54. The number of anilines is 2. The number of hydrogen-bond acceptors (Lipinski definition) is 5. The standard InChI is InChI=1S/C19H25N5/c1-23(18-7-2-3-10-20-18)16-8-11-24(12-9-16)19-13-17(21-14-22-19)15-5-4-6-15/h2-3,7,10,13-16H,4-6,8-9,11-12H2,1H3. The lowest BCUT2D eigenvalue weighted by Gasteiger charge is -2.38. The third-order valence-corrected chi connectivity index (χ3v) is 5.54. The summed E-state index contributed by atoms with van der Waals surface area (Å²) in [6.07, 6.45) is 9.79. The van der Waals surface area contributed by atoms with Gasteiger partial charge in [-0.25, -0.2) is 15.0 Å². The lowest BCUT2D eigenvalue weighted by Crippen LogP contribution is -2.44. The van der Waals surface area contributed by atoms with Crippen molar-refractivity contribution >= 4 is 11.6 Å². The van der Waals surface area contributed by atoms with Crippen molar-refractivity contribution in [3.05, 3.63) is 42.5 Å². The predicted molar refractivity (Wildman–Crippen MR) is 96.5 cm³/mol. The molecule has 0 N–H and O–H groups in total. The van der Waals surface area contributed by atoms with Crippen LogP contribution < -0.4 is 9.80 Å². The van der Waals surface area contributed by atoms with Gasteiger partial charge in [-0.3, -0.25) is 0 Å². The zero-order valence-electron chi connectivity index (χ0n) is 14.3. The smallest absolute Gasteiger partial charge is 0.132 e. The second-order valence-electron chi connectivity index (χ2n) is 6.95. The van der Waals surface area contributed by atoms with Crippen LogP contribution in [0, 0.1) is 0 Å². The molecule has 2 aliphatic rings. The molecule has 5 heteroatoms. The van der Waals surface area contributed by atoms with Crippen LogP contribution >= 0.6 is 0 Å². The molecule has 0 spiro atoms. The van der Waals surface area contributed by atoms with Crippen LogP contribution in [-0.4, -0.2) is 41.1 Å². The third kappa shape index (κ3) is 3.07. The topological polar surface area (TPSA) is 45.2 Å². The number of piperidine rings is 1. The highest BCUT2D eigenvalue weighted by Gasteiger charge is 2.26. The average Bonchev–Trinajstić information content (AvgIpc) is 2.61. The summed E-state index contributed by atoms with van der Waals surface area (Å²) in [5, 5.41) is 0. The average molecular weight is 323 g/mol. The fourth-order valence-corrected chi connectivity index (χ4v) is 3.69. The van der Waals surface area contributed by atoms with E-state index in [4.69, 9.17) is 0 Å². The molecule has 1 saturated carbocycles. The molecule has 2 aromatic rings. The van der Waals surface area contributed by atoms with Crippen LogP contribution in [0.5, 0.6) is 0 Å². The summed E-state index contributed by atoms with van der Waals surface area (Å²) in [6.45, 7) is 2.09. The fourth-order valence-electron chi connectivity index (χ4n) is 3.69. The van der Waals surface area contributed by atoms with Gasteiger partial charge in [0.05, 0.1) is 0 Å². The first kappa shape index (κ1) is 15.4. The van der Waals surface area contributed by atoms with E-state index >= 15 is 0 Å². The van der Waals surface area contributed by atoms with Crippen LogP contribution in [0.4, 0.5) is 11.6 Å². The van der Waals surface area contributed by atoms with Gasteiger partial charge in [0.25, 0.3) is 0 Å². The van der Waals surface area contributed by atoms with Crippen LogP contribution in [0.1, 0.15) is 43.7 Å². The molecule has 3 heterocycles. The molecular formula is C19H25N5. The Hall–Kier alpha value is -2.17. The van der Waals surface area contributed by atoms with Crippen molar-refractivity contribution in [1.82, 2.24) is 15.0 Å². The quantitative estimate of drug-likeness (QED) is 0.864. The Kier molecular flexibility index (Phi) is 4.32. The van der Waals surface area contributed by atoms with E-state index in [1.54, 1.807) is 6.33 Å². The van der Waals surface area contributed by atoms with Crippen molar-refractivity contribution in [3.8, 4) is 0 Å². The molecule has 1 saturated heterocycles. The van der Waals surface area contributed by atoms with Gasteiger partial charge >= 0.3 is 0 Å². The summed E-state index contributed by atoms with van der Waals surface area (Å²) in [7, 11) is 2.15. The molecule has 1 aliphatic heterocycles. The van der Waals surface area contributed by atoms with E-state index in [1.165, 1.54) is 25.0 Å². The Bertz CT molecular complexity index is 662. The van der Waals surface area contributed by atoms with Crippen LogP contribution in [-0.2, 0) is 0 Å². The summed E-state index contributed by atoms with van der Waals surface area (Å²) in [5.41, 5.74) is 1.24. The van der Waals surface area contributed by atoms with Crippen molar-refractivity contribution < 1.29 is 0 Å². The summed E-state index contributed by atoms with van der Waals surface area (Å²) in [5.74, 6) is 2.83. The van der Waals surface area contributed by atoms with Gasteiger partial charge in [0.15, 0.2) is 0 Å². The molecular weight excluding hydrogens is 298 g/mol. The minimum absolute atomic E-state index is 0.545. The lowest BCUT2D eigenvalue weighted by atomic mass is 9.83. The predicted octanol–water partition coefficient (Wildman–Crippen LogP) is 3.24. The molecule has 4 rings (SSSR count). The first-order chi connectivity index (χ1) is 11.8. The fraction of sp³-hybridized carbons (Fsp3) is 0.526. The number of pyridine rings is 1. The molecule has 0 bridgehead atoms. The van der Waals surface area contributed by atoms with Gasteiger partial charge in [-0.05, 0) is 37.8 Å². The second-order valence-corrected chi connectivity index (χ2v) is 6.95. The highest BCUT2D eigenvalue weighted by Crippen LogP contribution is 2.36. The summed E-state index contributed by atoms with van der Waals surface area (Å²) >= 11 is 0. The van der Waals surface area contributed by atoms with E-state index in [1.807, 2.05) is 12.3 Å². The van der Waals surface area contributed by atoms with E-state index in [9.17, 15) is 0 Å². The van der Waals surface area contributed by atoms with Crippen LogP contribution in [0.15, 0.2) is 36.8 Å². The van der Waals surface area contributed by atoms with Gasteiger partial charge in [0, 0.05) is 50.1 Å². The molecule has 0 unspecified atom stereocenters. The number of nitrogens with zero attached hydrogens (tertiary/aromatic N) is 5. The first-order valence-corrected chi connectivity index (χ1v) is 9.02. The van der Waals surface area contributed by atoms with E-state index in [-0.39, 0.29) is 0 Å². The molecule has 5 nitrogen and oxygen atoms in total. The zero-order chi connectivity index (χ0) is 16.4. The first-order valence-electron chi connectivity index (χ1n) is 9.02. The molecule has 1 aliphatic carbocycles. The van der Waals surface area contributed by atoms with Gasteiger partial charge in [-0.1, -0.05) is 12.5 Å². The minimum Gasteiger partial charge on any atom is -0.357 e. The molecule has 24 heavy (non-hydrogen) atoms. The Morgan fingerprint density at radius 1 is 1.04 bits per heavy atom. The van der Waals surface area contributed by atoms with E-state index in [2.05, 4.69) is 50.0 Å². The van der Waals surface area contributed by atoms with Crippen molar-refractivity contribution in [2.45, 2.75) is 44.1 Å². The molecule has 126 valence electrons. The number of hydrogen-bond donors (Lipinski definition) is 0. The Morgan fingerprint density at radius 2 is 1.88 bits per heavy atom. The van der Waals surface area contributed by atoms with Gasteiger partial charge in [0.1, 0.15) is 18.0 Å². The number of aromatic nitrogens is 3. The summed E-state index contributed by atoms with van der Waals surface area (Å²) in [6, 6.07) is 8.86. The van der Waals surface area contributed by atoms with Gasteiger partial charge in [0.2, 0.25) is 0 Å². The molecule has 0 atom stereocenters. The van der Waals surface area contributed by atoms with Gasteiger partial charge in [-0.2, -0.15) is 0 Å². The van der Waals surface area contributed by atoms with E-state index in [0.717, 1.165) is 37.6 Å². The maximum Gasteiger partial charge on any atom is 0.132 e. The monoisotopic (exact) mass is 323 g/mol. The molecule has 2 fully saturated rings. The van der Waals surface area contributed by atoms with Crippen LogP contribution in [0.3, 0.4) is 0 Å². The van der Waals surface area contributed by atoms with Crippen molar-refractivity contribution in [3.63, 3.8) is 0 Å². The summed E-state index contributed by atoms with van der Waals surface area (Å²) in [4.78, 5) is 18.2. The van der Waals surface area contributed by atoms with Crippen molar-refractivity contribution in [1.29, 1.82) is 0 Å². The Labute approximate surface area is 143 Å². The molecule has 0 amide bonds. The summed E-state index contributed by atoms with van der Waals surface area (Å²) < 4.78 is 0. The van der Waals surface area contributed by atoms with Crippen LogP contribution in [0.25, 0.3) is 0 Å². The Morgan fingerprint density at radius 3 is 2.54 bits per heavy atom. The highest BCUT2D eigenvalue weighted by atomic mass is 15.2. The maximum absolute atomic E-state index is 4.52. The van der Waals surface area contributed by atoms with Gasteiger partial charge in [-0.15, -0.1) is 0 Å². The molecule has 2 aromatic heterocycles. The lowest BCUT2D eigenvalue weighted by molar-refractivity contribution is 0.410. The normalized spacial score (nSPS) is 19.1. The van der Waals surface area contributed by atoms with Crippen molar-refractivity contribution in [2.24, 2.45) is 0 Å². The SMILES string of the molecule is CN(c1ccccn1)C1CCN(c2cc(C3CCC3)ncn2)CC1. The zero-order valence-corrected chi connectivity index (χ0v) is 14.3. The van der Waals surface area contributed by atoms with Gasteiger partial charge < -0.3 is 9.80 Å². The number of rotatable bonds is 4. The Balaban J connectivity index is 1.39.